The molecule has 1 unspecified atom stereocenters. The summed E-state index contributed by atoms with van der Waals surface area (Å²) in [5.74, 6) is 0.151. The average Bonchev–Trinajstić information content (AvgIpc) is 3.37. The number of carbonyl (C=O) groups is 1. The number of benzene rings is 1. The number of halogens is 2. The quantitative estimate of drug-likeness (QED) is 0.887. The lowest BCUT2D eigenvalue weighted by Crippen LogP contribution is -2.30. The van der Waals surface area contributed by atoms with Crippen LogP contribution in [0.4, 0.5) is 5.69 Å². The lowest BCUT2D eigenvalue weighted by molar-refractivity contribution is -0.128. The van der Waals surface area contributed by atoms with E-state index in [1.165, 1.54) is 10.9 Å². The second-order valence-corrected chi connectivity index (χ2v) is 7.20. The minimum absolute atomic E-state index is 0.0572. The van der Waals surface area contributed by atoms with E-state index in [2.05, 4.69) is 10.4 Å². The summed E-state index contributed by atoms with van der Waals surface area (Å²) in [6.07, 6.45) is 4.09. The molecule has 4 rings (SSSR count). The summed E-state index contributed by atoms with van der Waals surface area (Å²) in [7, 11) is 0. The number of carbonyl (C=O) groups excluding carboxylic acids is 1. The maximum absolute atomic E-state index is 12.5. The number of nitrogens with zero attached hydrogens (tertiary/aromatic N) is 3. The first-order chi connectivity index (χ1) is 12.0. The molecule has 25 heavy (non-hydrogen) atoms. The Morgan fingerprint density at radius 3 is 2.52 bits per heavy atom. The number of likely N-dealkylation sites (tertiary alicyclic amines) is 1. The molecule has 1 aliphatic carbocycles. The van der Waals surface area contributed by atoms with Crippen molar-refractivity contribution in [1.82, 2.24) is 14.7 Å². The minimum Gasteiger partial charge on any atom is -0.377 e. The zero-order chi connectivity index (χ0) is 17.6. The van der Waals surface area contributed by atoms with Gasteiger partial charge in [-0.25, -0.2) is 0 Å². The fraction of sp³-hybridized carbons (Fsp3) is 0.353. The van der Waals surface area contributed by atoms with Crippen molar-refractivity contribution in [3.05, 3.63) is 50.9 Å². The molecule has 1 N–H and O–H groups in total. The molecule has 1 aromatic heterocycles. The Morgan fingerprint density at radius 1 is 1.12 bits per heavy atom. The van der Waals surface area contributed by atoms with Crippen LogP contribution in [0.15, 0.2) is 35.3 Å². The molecule has 0 bridgehead atoms. The van der Waals surface area contributed by atoms with Crippen LogP contribution in [0.3, 0.4) is 0 Å². The van der Waals surface area contributed by atoms with Crippen molar-refractivity contribution in [2.75, 3.05) is 11.9 Å². The summed E-state index contributed by atoms with van der Waals surface area (Å²) in [4.78, 5) is 26.5. The van der Waals surface area contributed by atoms with Gasteiger partial charge in [0.15, 0.2) is 0 Å². The van der Waals surface area contributed by atoms with Crippen molar-refractivity contribution in [2.45, 2.75) is 31.3 Å². The van der Waals surface area contributed by atoms with Crippen LogP contribution in [-0.4, -0.2) is 39.2 Å². The third-order valence-corrected chi connectivity index (χ3v) is 5.11. The summed E-state index contributed by atoms with van der Waals surface area (Å²) in [6.45, 7) is 0.639. The lowest BCUT2D eigenvalue weighted by Gasteiger charge is -2.17. The van der Waals surface area contributed by atoms with E-state index >= 15 is 0 Å². The van der Waals surface area contributed by atoms with Crippen molar-refractivity contribution in [3.63, 3.8) is 0 Å². The van der Waals surface area contributed by atoms with E-state index in [1.807, 2.05) is 4.90 Å². The first-order valence-electron chi connectivity index (χ1n) is 8.12. The van der Waals surface area contributed by atoms with E-state index in [1.54, 1.807) is 24.3 Å². The van der Waals surface area contributed by atoms with Gasteiger partial charge in [0.25, 0.3) is 5.56 Å². The molecule has 2 aliphatic rings. The molecule has 1 amide bonds. The maximum Gasteiger partial charge on any atom is 0.292 e. The molecule has 1 atom stereocenters. The molecule has 0 radical (unpaired) electrons. The molecule has 1 aliphatic heterocycles. The Balaban J connectivity index is 1.55. The van der Waals surface area contributed by atoms with E-state index in [-0.39, 0.29) is 17.0 Å². The van der Waals surface area contributed by atoms with Gasteiger partial charge >= 0.3 is 0 Å². The summed E-state index contributed by atoms with van der Waals surface area (Å²) in [5, 5.41) is 8.01. The van der Waals surface area contributed by atoms with Gasteiger partial charge in [0.2, 0.25) is 5.91 Å². The highest BCUT2D eigenvalue weighted by molar-refractivity contribution is 6.33. The third-order valence-electron chi connectivity index (χ3n) is 4.50. The highest BCUT2D eigenvalue weighted by Crippen LogP contribution is 2.31. The highest BCUT2D eigenvalue weighted by atomic mass is 35.5. The molecule has 1 aromatic carbocycles. The van der Waals surface area contributed by atoms with E-state index in [0.717, 1.165) is 12.8 Å². The van der Waals surface area contributed by atoms with Gasteiger partial charge in [0.05, 0.1) is 23.6 Å². The number of amides is 1. The fourth-order valence-electron chi connectivity index (χ4n) is 3.09. The predicted octanol–water partition coefficient (Wildman–Crippen LogP) is 2.71. The van der Waals surface area contributed by atoms with Gasteiger partial charge in [-0.1, -0.05) is 23.2 Å². The number of anilines is 1. The smallest absolute Gasteiger partial charge is 0.292 e. The van der Waals surface area contributed by atoms with Gasteiger partial charge in [0.1, 0.15) is 5.02 Å². The first kappa shape index (κ1) is 16.4. The molecule has 1 saturated heterocycles. The number of hydrogen-bond acceptors (Lipinski definition) is 4. The fourth-order valence-corrected chi connectivity index (χ4v) is 3.40. The van der Waals surface area contributed by atoms with Crippen LogP contribution in [0.5, 0.6) is 0 Å². The van der Waals surface area contributed by atoms with Crippen LogP contribution in [-0.2, 0) is 4.79 Å². The molecule has 2 aromatic rings. The molecule has 130 valence electrons. The van der Waals surface area contributed by atoms with E-state index in [9.17, 15) is 9.59 Å². The molecular weight excluding hydrogens is 363 g/mol. The van der Waals surface area contributed by atoms with Crippen LogP contribution >= 0.6 is 23.2 Å². The number of hydrogen-bond donors (Lipinski definition) is 1. The molecule has 1 saturated carbocycles. The van der Waals surface area contributed by atoms with Crippen molar-refractivity contribution in [3.8, 4) is 5.69 Å². The van der Waals surface area contributed by atoms with Gasteiger partial charge in [-0.2, -0.15) is 9.78 Å². The lowest BCUT2D eigenvalue weighted by atomic mass is 10.2. The summed E-state index contributed by atoms with van der Waals surface area (Å²) in [5.41, 5.74) is 0.614. The maximum atomic E-state index is 12.5. The topological polar surface area (TPSA) is 67.2 Å². The highest BCUT2D eigenvalue weighted by Gasteiger charge is 2.39. The monoisotopic (exact) mass is 378 g/mol. The van der Waals surface area contributed by atoms with Crippen molar-refractivity contribution in [2.24, 2.45) is 0 Å². The van der Waals surface area contributed by atoms with Crippen LogP contribution in [0.1, 0.15) is 19.3 Å². The van der Waals surface area contributed by atoms with Crippen molar-refractivity contribution >= 4 is 34.8 Å². The van der Waals surface area contributed by atoms with Crippen molar-refractivity contribution in [1.29, 1.82) is 0 Å². The molecule has 0 spiro atoms. The van der Waals surface area contributed by atoms with Gasteiger partial charge in [-0.3, -0.25) is 9.59 Å². The van der Waals surface area contributed by atoms with Crippen LogP contribution in [0, 0.1) is 0 Å². The summed E-state index contributed by atoms with van der Waals surface area (Å²) in [6, 6.07) is 7.10. The normalized spacial score (nSPS) is 20.2. The minimum atomic E-state index is -0.419. The second kappa shape index (κ2) is 6.35. The largest absolute Gasteiger partial charge is 0.377 e. The van der Waals surface area contributed by atoms with Crippen molar-refractivity contribution < 1.29 is 4.79 Å². The molecule has 6 nitrogen and oxygen atoms in total. The van der Waals surface area contributed by atoms with Gasteiger partial charge in [-0.05, 0) is 37.1 Å². The number of rotatable bonds is 4. The van der Waals surface area contributed by atoms with E-state index in [4.69, 9.17) is 23.2 Å². The van der Waals surface area contributed by atoms with Gasteiger partial charge in [0, 0.05) is 24.0 Å². The molecule has 2 fully saturated rings. The van der Waals surface area contributed by atoms with Crippen LogP contribution < -0.4 is 10.9 Å². The number of nitrogens with one attached hydrogen (secondary N) is 1. The Hall–Kier alpha value is -2.05. The summed E-state index contributed by atoms with van der Waals surface area (Å²) < 4.78 is 1.22. The van der Waals surface area contributed by atoms with E-state index < -0.39 is 5.56 Å². The Kier molecular flexibility index (Phi) is 4.17. The predicted molar refractivity (Wildman–Crippen MR) is 96.6 cm³/mol. The SMILES string of the molecule is O=C1CC(Nc2cnn(-c3ccc(Cl)cc3)c(=O)c2Cl)CN1C1CC1. The summed E-state index contributed by atoms with van der Waals surface area (Å²) >= 11 is 12.1. The zero-order valence-electron chi connectivity index (χ0n) is 13.3. The molecular formula is C17H16Cl2N4O2. The Labute approximate surface area is 154 Å². The van der Waals surface area contributed by atoms with E-state index in [0.29, 0.717) is 35.4 Å². The standard InChI is InChI=1S/C17H16Cl2N4O2/c18-10-1-3-13(4-2-10)23-17(25)16(19)14(8-20-23)21-11-7-15(24)22(9-11)12-5-6-12/h1-4,8,11-12,21H,5-7,9H2. The molecule has 8 heteroatoms. The number of aromatic nitrogens is 2. The average molecular weight is 379 g/mol. The molecule has 2 heterocycles. The second-order valence-electron chi connectivity index (χ2n) is 6.39. The zero-order valence-corrected chi connectivity index (χ0v) is 14.8. The third kappa shape index (κ3) is 3.24. The van der Waals surface area contributed by atoms with Crippen LogP contribution in [0.25, 0.3) is 5.69 Å². The van der Waals surface area contributed by atoms with Gasteiger partial charge < -0.3 is 10.2 Å². The van der Waals surface area contributed by atoms with Crippen LogP contribution in [0.2, 0.25) is 10.0 Å². The first-order valence-corrected chi connectivity index (χ1v) is 8.88. The Bertz CT molecular complexity index is 877. The van der Waals surface area contributed by atoms with Gasteiger partial charge in [-0.15, -0.1) is 0 Å². The Morgan fingerprint density at radius 2 is 1.84 bits per heavy atom.